The van der Waals surface area contributed by atoms with E-state index in [0.717, 1.165) is 32.0 Å². The van der Waals surface area contributed by atoms with Gasteiger partial charge in [-0.1, -0.05) is 45.9 Å². The summed E-state index contributed by atoms with van der Waals surface area (Å²) in [6.07, 6.45) is 0. The number of quaternary nitrogens is 1. The van der Waals surface area contributed by atoms with Crippen LogP contribution in [0, 0.1) is 0 Å². The summed E-state index contributed by atoms with van der Waals surface area (Å²) in [6.45, 7) is 12.5. The molecule has 1 saturated heterocycles. The predicted octanol–water partition coefficient (Wildman–Crippen LogP) is 1.79. The number of ether oxygens (including phenoxy) is 1. The Balaban J connectivity index is 2.14. The van der Waals surface area contributed by atoms with Gasteiger partial charge in [-0.2, -0.15) is 0 Å². The Kier molecular flexibility index (Phi) is 5.98. The normalized spacial score (nSPS) is 16.3. The molecular weight excluding hydrogens is 276 g/mol. The van der Waals surface area contributed by atoms with Crippen LogP contribution in [0.2, 0.25) is 0 Å². The van der Waals surface area contributed by atoms with E-state index in [2.05, 4.69) is 51.2 Å². The molecule has 0 spiro atoms. The molecule has 0 unspecified atom stereocenters. The highest BCUT2D eigenvalue weighted by Crippen LogP contribution is 2.32. The molecule has 1 heterocycles. The van der Waals surface area contributed by atoms with Crippen molar-refractivity contribution in [2.45, 2.75) is 39.5 Å². The minimum Gasteiger partial charge on any atom is -0.370 e. The number of para-hydroxylation sites is 1. The zero-order valence-corrected chi connectivity index (χ0v) is 14.2. The third-order valence-electron chi connectivity index (χ3n) is 4.25. The second-order valence-electron chi connectivity index (χ2n) is 6.71. The maximum atomic E-state index is 12.5. The van der Waals surface area contributed by atoms with Crippen molar-refractivity contribution in [1.82, 2.24) is 0 Å². The lowest BCUT2D eigenvalue weighted by atomic mass is 9.92. The van der Waals surface area contributed by atoms with Crippen LogP contribution in [0.4, 0.5) is 5.69 Å². The number of anilines is 1. The fourth-order valence-corrected chi connectivity index (χ4v) is 2.94. The summed E-state index contributed by atoms with van der Waals surface area (Å²) in [6, 6.07) is 6.33. The molecule has 1 amide bonds. The van der Waals surface area contributed by atoms with Gasteiger partial charge >= 0.3 is 0 Å². The predicted molar refractivity (Wildman–Crippen MR) is 89.6 cm³/mol. The zero-order valence-electron chi connectivity index (χ0n) is 14.2. The van der Waals surface area contributed by atoms with Crippen molar-refractivity contribution in [3.05, 3.63) is 29.3 Å². The van der Waals surface area contributed by atoms with Crippen molar-refractivity contribution in [1.29, 1.82) is 0 Å². The first-order valence-electron chi connectivity index (χ1n) is 8.33. The fourth-order valence-electron chi connectivity index (χ4n) is 2.94. The maximum absolute atomic E-state index is 12.5. The molecule has 0 atom stereocenters. The molecular formula is C18H29N2O2+. The maximum Gasteiger partial charge on any atom is 0.279 e. The van der Waals surface area contributed by atoms with Gasteiger partial charge < -0.3 is 15.0 Å². The van der Waals surface area contributed by atoms with Crippen LogP contribution >= 0.6 is 0 Å². The van der Waals surface area contributed by atoms with E-state index in [-0.39, 0.29) is 5.91 Å². The Morgan fingerprint density at radius 3 is 2.18 bits per heavy atom. The first kappa shape index (κ1) is 17.0. The van der Waals surface area contributed by atoms with Crippen molar-refractivity contribution in [2.75, 3.05) is 38.2 Å². The molecule has 2 N–H and O–H groups in total. The number of rotatable bonds is 5. The highest BCUT2D eigenvalue weighted by atomic mass is 16.5. The van der Waals surface area contributed by atoms with Crippen molar-refractivity contribution in [3.63, 3.8) is 0 Å². The van der Waals surface area contributed by atoms with E-state index in [1.807, 2.05) is 0 Å². The largest absolute Gasteiger partial charge is 0.370 e. The number of benzene rings is 1. The van der Waals surface area contributed by atoms with Gasteiger partial charge in [0.1, 0.15) is 13.1 Å². The molecule has 1 aromatic carbocycles. The van der Waals surface area contributed by atoms with Crippen molar-refractivity contribution >= 4 is 11.6 Å². The summed E-state index contributed by atoms with van der Waals surface area (Å²) >= 11 is 0. The lowest BCUT2D eigenvalue weighted by Gasteiger charge is -2.24. The van der Waals surface area contributed by atoms with E-state index >= 15 is 0 Å². The van der Waals surface area contributed by atoms with Crippen LogP contribution in [0.5, 0.6) is 0 Å². The number of morpholine rings is 1. The number of carbonyl (C=O) groups excluding carboxylic acids is 1. The standard InChI is InChI=1S/C18H28N2O2/c1-13(2)15-6-5-7-16(14(3)4)18(15)19-17(21)12-20-8-10-22-11-9-20/h5-7,13-14H,8-12H2,1-4H3,(H,19,21)/p+1. The highest BCUT2D eigenvalue weighted by molar-refractivity contribution is 5.93. The Labute approximate surface area is 133 Å². The SMILES string of the molecule is CC(C)c1cccc(C(C)C)c1NC(=O)C[NH+]1CCOCC1. The van der Waals surface area contributed by atoms with Crippen molar-refractivity contribution in [3.8, 4) is 0 Å². The smallest absolute Gasteiger partial charge is 0.279 e. The lowest BCUT2D eigenvalue weighted by molar-refractivity contribution is -0.899. The average Bonchev–Trinajstić information content (AvgIpc) is 2.47. The number of nitrogens with one attached hydrogen (secondary N) is 2. The third-order valence-corrected chi connectivity index (χ3v) is 4.25. The van der Waals surface area contributed by atoms with E-state index in [0.29, 0.717) is 18.4 Å². The highest BCUT2D eigenvalue weighted by Gasteiger charge is 2.20. The first-order chi connectivity index (χ1) is 10.5. The van der Waals surface area contributed by atoms with Crippen LogP contribution < -0.4 is 10.2 Å². The third kappa shape index (κ3) is 4.31. The molecule has 0 aliphatic carbocycles. The molecule has 2 rings (SSSR count). The van der Waals surface area contributed by atoms with Gasteiger partial charge in [0, 0.05) is 5.69 Å². The number of hydrogen-bond acceptors (Lipinski definition) is 2. The molecule has 0 bridgehead atoms. The molecule has 1 aromatic rings. The second kappa shape index (κ2) is 7.75. The zero-order chi connectivity index (χ0) is 16.1. The topological polar surface area (TPSA) is 42.8 Å². The average molecular weight is 305 g/mol. The van der Waals surface area contributed by atoms with Crippen molar-refractivity contribution in [2.24, 2.45) is 0 Å². The summed E-state index contributed by atoms with van der Waals surface area (Å²) in [5.41, 5.74) is 3.46. The van der Waals surface area contributed by atoms with E-state index in [9.17, 15) is 4.79 Å². The Hall–Kier alpha value is -1.39. The van der Waals surface area contributed by atoms with Crippen LogP contribution in [0.15, 0.2) is 18.2 Å². The summed E-state index contributed by atoms with van der Waals surface area (Å²) in [4.78, 5) is 13.8. The van der Waals surface area contributed by atoms with Gasteiger partial charge in [-0.05, 0) is 23.0 Å². The fraction of sp³-hybridized carbons (Fsp3) is 0.611. The molecule has 0 aromatic heterocycles. The van der Waals surface area contributed by atoms with E-state index in [1.54, 1.807) is 0 Å². The monoisotopic (exact) mass is 305 g/mol. The molecule has 1 aliphatic rings. The Morgan fingerprint density at radius 2 is 1.68 bits per heavy atom. The first-order valence-corrected chi connectivity index (χ1v) is 8.33. The van der Waals surface area contributed by atoms with Gasteiger partial charge in [-0.25, -0.2) is 0 Å². The van der Waals surface area contributed by atoms with Crippen LogP contribution in [-0.2, 0) is 9.53 Å². The van der Waals surface area contributed by atoms with Crippen LogP contribution in [0.1, 0.15) is 50.7 Å². The minimum atomic E-state index is 0.104. The van der Waals surface area contributed by atoms with E-state index in [4.69, 9.17) is 4.74 Å². The molecule has 0 saturated carbocycles. The second-order valence-corrected chi connectivity index (χ2v) is 6.71. The van der Waals surface area contributed by atoms with Gasteiger partial charge in [0.15, 0.2) is 6.54 Å². The summed E-state index contributed by atoms with van der Waals surface area (Å²) in [5.74, 6) is 0.890. The lowest BCUT2D eigenvalue weighted by Crippen LogP contribution is -3.15. The summed E-state index contributed by atoms with van der Waals surface area (Å²) in [5, 5.41) is 3.19. The summed E-state index contributed by atoms with van der Waals surface area (Å²) < 4.78 is 5.35. The quantitative estimate of drug-likeness (QED) is 0.871. The van der Waals surface area contributed by atoms with Gasteiger partial charge in [-0.3, -0.25) is 4.79 Å². The number of carbonyl (C=O) groups is 1. The van der Waals surface area contributed by atoms with Gasteiger partial charge in [0.05, 0.1) is 13.2 Å². The molecule has 0 radical (unpaired) electrons. The van der Waals surface area contributed by atoms with Crippen LogP contribution in [-0.4, -0.2) is 38.8 Å². The van der Waals surface area contributed by atoms with E-state index in [1.165, 1.54) is 16.0 Å². The Morgan fingerprint density at radius 1 is 1.14 bits per heavy atom. The number of amides is 1. The minimum absolute atomic E-state index is 0.104. The van der Waals surface area contributed by atoms with Crippen LogP contribution in [0.25, 0.3) is 0 Å². The molecule has 4 nitrogen and oxygen atoms in total. The number of hydrogen-bond donors (Lipinski definition) is 2. The van der Waals surface area contributed by atoms with E-state index < -0.39 is 0 Å². The van der Waals surface area contributed by atoms with Gasteiger partial charge in [-0.15, -0.1) is 0 Å². The van der Waals surface area contributed by atoms with Gasteiger partial charge in [0.25, 0.3) is 5.91 Å². The van der Waals surface area contributed by atoms with Crippen LogP contribution in [0.3, 0.4) is 0 Å². The van der Waals surface area contributed by atoms with Crippen molar-refractivity contribution < 1.29 is 14.4 Å². The molecule has 1 fully saturated rings. The molecule has 22 heavy (non-hydrogen) atoms. The van der Waals surface area contributed by atoms with Gasteiger partial charge in [0.2, 0.25) is 0 Å². The molecule has 1 aliphatic heterocycles. The molecule has 4 heteroatoms. The Bertz CT molecular complexity index is 480. The summed E-state index contributed by atoms with van der Waals surface area (Å²) in [7, 11) is 0. The molecule has 122 valence electrons.